The number of nitrogens with one attached hydrogen (secondary N) is 2. The standard InChI is InChI=1S/C17H19N5O.C9H15NO/c1-18-16-11-14(6-8-20-16)21(3)13-4-5-15-12(10-13)7-9-22(15)17(23)19-2;11-7-9-5-8(9)6-10-3-1-2-4-10/h4-11H,1-3H3,(H,18,20)(H,19,23);7-9H,1-6H2. The van der Waals surface area contributed by atoms with Crippen LogP contribution in [0.15, 0.2) is 48.8 Å². The summed E-state index contributed by atoms with van der Waals surface area (Å²) in [6, 6.07) is 11.8. The molecule has 5 rings (SSSR count). The first-order valence-corrected chi connectivity index (χ1v) is 11.9. The highest BCUT2D eigenvalue weighted by Crippen LogP contribution is 2.37. The van der Waals surface area contributed by atoms with Crippen LogP contribution in [-0.2, 0) is 4.79 Å². The molecule has 8 nitrogen and oxygen atoms in total. The van der Waals surface area contributed by atoms with Crippen molar-refractivity contribution in [2.75, 3.05) is 51.0 Å². The molecule has 1 saturated heterocycles. The lowest BCUT2D eigenvalue weighted by Gasteiger charge is -2.20. The smallest absolute Gasteiger partial charge is 0.325 e. The molecule has 1 aromatic carbocycles. The van der Waals surface area contributed by atoms with Crippen molar-refractivity contribution in [2.45, 2.75) is 19.3 Å². The van der Waals surface area contributed by atoms with Crippen LogP contribution in [0.1, 0.15) is 19.3 Å². The van der Waals surface area contributed by atoms with Crippen LogP contribution in [0.25, 0.3) is 10.9 Å². The first kappa shape index (κ1) is 23.8. The lowest BCUT2D eigenvalue weighted by molar-refractivity contribution is -0.109. The van der Waals surface area contributed by atoms with Gasteiger partial charge in [0.25, 0.3) is 0 Å². The monoisotopic (exact) mass is 462 g/mol. The first-order chi connectivity index (χ1) is 16.5. The van der Waals surface area contributed by atoms with E-state index in [-0.39, 0.29) is 6.03 Å². The summed E-state index contributed by atoms with van der Waals surface area (Å²) < 4.78 is 1.60. The van der Waals surface area contributed by atoms with E-state index in [1.165, 1.54) is 32.5 Å². The number of benzene rings is 1. The minimum absolute atomic E-state index is 0.145. The van der Waals surface area contributed by atoms with Crippen LogP contribution in [0.5, 0.6) is 0 Å². The zero-order valence-corrected chi connectivity index (χ0v) is 20.2. The largest absolute Gasteiger partial charge is 0.373 e. The number of nitrogens with zero attached hydrogens (tertiary/aromatic N) is 4. The maximum absolute atomic E-state index is 11.8. The molecule has 1 saturated carbocycles. The topological polar surface area (TPSA) is 82.5 Å². The SMILES string of the molecule is CNC(=O)n1ccc2cc(N(C)c3ccnc(NC)c3)ccc21.O=CC1CC1CN1CCCC1. The molecule has 2 unspecified atom stereocenters. The van der Waals surface area contributed by atoms with Crippen molar-refractivity contribution < 1.29 is 9.59 Å². The Labute approximate surface area is 200 Å². The van der Waals surface area contributed by atoms with Crippen LogP contribution < -0.4 is 15.5 Å². The average molecular weight is 463 g/mol. The van der Waals surface area contributed by atoms with Crippen LogP contribution in [0.3, 0.4) is 0 Å². The van der Waals surface area contributed by atoms with Gasteiger partial charge in [-0.3, -0.25) is 4.57 Å². The van der Waals surface area contributed by atoms with E-state index < -0.39 is 0 Å². The van der Waals surface area contributed by atoms with Crippen LogP contribution in [-0.4, -0.2) is 67.5 Å². The van der Waals surface area contributed by atoms with Gasteiger partial charge in [-0.1, -0.05) is 0 Å². The number of carbonyl (C=O) groups is 2. The van der Waals surface area contributed by atoms with Gasteiger partial charge in [0.2, 0.25) is 0 Å². The molecule has 3 heterocycles. The maximum atomic E-state index is 11.8. The van der Waals surface area contributed by atoms with Crippen LogP contribution in [0.4, 0.5) is 22.0 Å². The molecule has 34 heavy (non-hydrogen) atoms. The number of hydrogen-bond donors (Lipinski definition) is 2. The molecule has 0 spiro atoms. The molecular formula is C26H34N6O2. The van der Waals surface area contributed by atoms with Gasteiger partial charge >= 0.3 is 6.03 Å². The summed E-state index contributed by atoms with van der Waals surface area (Å²) in [4.78, 5) is 31.0. The number of fused-ring (bicyclic) bond motifs is 1. The number of carbonyl (C=O) groups excluding carboxylic acids is 2. The molecular weight excluding hydrogens is 428 g/mol. The Morgan fingerprint density at radius 3 is 2.59 bits per heavy atom. The minimum Gasteiger partial charge on any atom is -0.373 e. The number of aldehydes is 1. The van der Waals surface area contributed by atoms with Gasteiger partial charge in [-0.25, -0.2) is 9.78 Å². The Balaban J connectivity index is 0.000000207. The first-order valence-electron chi connectivity index (χ1n) is 11.9. The van der Waals surface area contributed by atoms with E-state index >= 15 is 0 Å². The summed E-state index contributed by atoms with van der Waals surface area (Å²) >= 11 is 0. The second-order valence-corrected chi connectivity index (χ2v) is 9.00. The Morgan fingerprint density at radius 1 is 1.15 bits per heavy atom. The zero-order chi connectivity index (χ0) is 24.1. The summed E-state index contributed by atoms with van der Waals surface area (Å²) in [5, 5.41) is 6.69. The van der Waals surface area contributed by atoms with Gasteiger partial charge in [0, 0.05) is 68.8 Å². The second kappa shape index (κ2) is 10.7. The molecule has 180 valence electrons. The van der Waals surface area contributed by atoms with Gasteiger partial charge in [0.1, 0.15) is 12.1 Å². The Morgan fingerprint density at radius 2 is 1.91 bits per heavy atom. The highest BCUT2D eigenvalue weighted by atomic mass is 16.2. The Bertz CT molecular complexity index is 1140. The van der Waals surface area contributed by atoms with Crippen LogP contribution in [0.2, 0.25) is 0 Å². The van der Waals surface area contributed by atoms with Crippen molar-refractivity contribution >= 4 is 40.4 Å². The van der Waals surface area contributed by atoms with Gasteiger partial charge < -0.3 is 25.2 Å². The molecule has 2 fully saturated rings. The average Bonchev–Trinajstić information content (AvgIpc) is 3.22. The van der Waals surface area contributed by atoms with Crippen molar-refractivity contribution in [3.8, 4) is 0 Å². The quantitative estimate of drug-likeness (QED) is 0.540. The van der Waals surface area contributed by atoms with Crippen LogP contribution >= 0.6 is 0 Å². The van der Waals surface area contributed by atoms with Gasteiger partial charge in [0.05, 0.1) is 5.52 Å². The fourth-order valence-electron chi connectivity index (χ4n) is 4.49. The Hall–Kier alpha value is -3.39. The molecule has 1 aliphatic carbocycles. The van der Waals surface area contributed by atoms with E-state index in [0.717, 1.165) is 40.8 Å². The summed E-state index contributed by atoms with van der Waals surface area (Å²) in [6.45, 7) is 3.72. The van der Waals surface area contributed by atoms with Crippen molar-refractivity contribution in [3.05, 3.63) is 48.8 Å². The maximum Gasteiger partial charge on any atom is 0.325 e. The molecule has 2 N–H and O–H groups in total. The van der Waals surface area contributed by atoms with Gasteiger partial charge in [-0.15, -0.1) is 0 Å². The molecule has 0 radical (unpaired) electrons. The van der Waals surface area contributed by atoms with E-state index in [4.69, 9.17) is 0 Å². The third-order valence-corrected chi connectivity index (χ3v) is 6.72. The van der Waals surface area contributed by atoms with Crippen LogP contribution in [0, 0.1) is 11.8 Å². The number of rotatable bonds is 6. The lowest BCUT2D eigenvalue weighted by atomic mass is 10.2. The molecule has 2 aliphatic rings. The summed E-state index contributed by atoms with van der Waals surface area (Å²) in [5.74, 6) is 1.95. The van der Waals surface area contributed by atoms with Crippen molar-refractivity contribution in [1.82, 2.24) is 19.8 Å². The molecule has 0 bridgehead atoms. The molecule has 2 atom stereocenters. The van der Waals surface area contributed by atoms with E-state index in [2.05, 4.69) is 31.5 Å². The minimum atomic E-state index is -0.145. The van der Waals surface area contributed by atoms with Gasteiger partial charge in [-0.05, 0) is 68.6 Å². The van der Waals surface area contributed by atoms with E-state index in [1.807, 2.05) is 44.4 Å². The number of likely N-dealkylation sites (tertiary alicyclic amines) is 1. The van der Waals surface area contributed by atoms with Gasteiger partial charge in [0.15, 0.2) is 0 Å². The Kier molecular flexibility index (Phi) is 7.47. The van der Waals surface area contributed by atoms with Crippen molar-refractivity contribution in [3.63, 3.8) is 0 Å². The van der Waals surface area contributed by atoms with E-state index in [9.17, 15) is 9.59 Å². The number of hydrogen-bond acceptors (Lipinski definition) is 6. The lowest BCUT2D eigenvalue weighted by Crippen LogP contribution is -2.23. The van der Waals surface area contributed by atoms with Crippen molar-refractivity contribution in [2.24, 2.45) is 11.8 Å². The third-order valence-electron chi connectivity index (χ3n) is 6.72. The number of amides is 1. The predicted molar refractivity (Wildman–Crippen MR) is 137 cm³/mol. The number of pyridine rings is 1. The molecule has 1 amide bonds. The molecule has 2 aromatic heterocycles. The fourth-order valence-corrected chi connectivity index (χ4v) is 4.49. The highest BCUT2D eigenvalue weighted by Gasteiger charge is 2.37. The zero-order valence-electron chi connectivity index (χ0n) is 20.2. The predicted octanol–water partition coefficient (Wildman–Crippen LogP) is 3.95. The third kappa shape index (κ3) is 5.39. The summed E-state index contributed by atoms with van der Waals surface area (Å²) in [7, 11) is 5.48. The highest BCUT2D eigenvalue weighted by molar-refractivity contribution is 5.93. The number of anilines is 3. The summed E-state index contributed by atoms with van der Waals surface area (Å²) in [5.41, 5.74) is 2.96. The normalized spacial score (nSPS) is 19.3. The van der Waals surface area contributed by atoms with E-state index in [1.54, 1.807) is 24.0 Å². The molecule has 3 aromatic rings. The molecule has 8 heteroatoms. The fraction of sp³-hybridized carbons (Fsp3) is 0.423. The molecule has 1 aliphatic heterocycles. The number of aromatic nitrogens is 2. The van der Waals surface area contributed by atoms with Crippen molar-refractivity contribution in [1.29, 1.82) is 0 Å². The second-order valence-electron chi connectivity index (χ2n) is 9.00. The van der Waals surface area contributed by atoms with E-state index in [0.29, 0.717) is 11.8 Å². The van der Waals surface area contributed by atoms with Gasteiger partial charge in [-0.2, -0.15) is 0 Å². The summed E-state index contributed by atoms with van der Waals surface area (Å²) in [6.07, 6.45) is 8.55.